The van der Waals surface area contributed by atoms with E-state index < -0.39 is 3.42 Å². The largest absolute Gasteiger partial charge is 0.507 e. The van der Waals surface area contributed by atoms with Gasteiger partial charge in [-0.25, -0.2) is 0 Å². The van der Waals surface area contributed by atoms with Gasteiger partial charge in [0.25, 0.3) is 0 Å². The number of esters is 1. The molecule has 2 rings (SSSR count). The van der Waals surface area contributed by atoms with Crippen LogP contribution in [0.5, 0.6) is 5.75 Å². The number of carbonyl (C=O) groups is 1. The summed E-state index contributed by atoms with van der Waals surface area (Å²) in [6.07, 6.45) is 0.725. The van der Waals surface area contributed by atoms with Crippen LogP contribution in [-0.4, -0.2) is 14.5 Å². The third-order valence-electron chi connectivity index (χ3n) is 3.44. The van der Waals surface area contributed by atoms with Gasteiger partial charge >= 0.3 is 5.97 Å². The highest BCUT2D eigenvalue weighted by atomic mass is 127. The molecule has 2 aromatic carbocycles. The first-order valence-corrected chi connectivity index (χ1v) is 7.59. The maximum absolute atomic E-state index is 12.0. The third kappa shape index (κ3) is 3.06. The number of benzene rings is 2. The van der Waals surface area contributed by atoms with Gasteiger partial charge in [0, 0.05) is 5.39 Å². The molecule has 0 aliphatic carbocycles. The minimum Gasteiger partial charge on any atom is -0.507 e. The predicted octanol–water partition coefficient (Wildman–Crippen LogP) is 4.19. The fourth-order valence-electron chi connectivity index (χ4n) is 1.92. The summed E-state index contributed by atoms with van der Waals surface area (Å²) in [5.74, 6) is 0.0284. The van der Waals surface area contributed by atoms with Crippen LogP contribution in [0.4, 0.5) is 0 Å². The Morgan fingerprint density at radius 1 is 1.25 bits per heavy atom. The van der Waals surface area contributed by atoms with Crippen LogP contribution in [0.25, 0.3) is 10.8 Å². The van der Waals surface area contributed by atoms with Crippen LogP contribution in [0, 0.1) is 0 Å². The molecule has 0 fully saturated rings. The maximum atomic E-state index is 12.0. The Kier molecular flexibility index (Phi) is 4.52. The van der Waals surface area contributed by atoms with Gasteiger partial charge in [-0.15, -0.1) is 0 Å². The number of hydrogen-bond acceptors (Lipinski definition) is 3. The van der Waals surface area contributed by atoms with E-state index in [1.165, 1.54) is 0 Å². The molecule has 2 aromatic rings. The highest BCUT2D eigenvalue weighted by Crippen LogP contribution is 2.28. The molecule has 0 aliphatic rings. The summed E-state index contributed by atoms with van der Waals surface area (Å²) in [5, 5.41) is 11.5. The molecule has 0 amide bonds. The van der Waals surface area contributed by atoms with Crippen molar-refractivity contribution in [1.82, 2.24) is 0 Å². The van der Waals surface area contributed by atoms with Gasteiger partial charge in [0.2, 0.25) is 0 Å². The van der Waals surface area contributed by atoms with E-state index in [0.29, 0.717) is 0 Å². The number of aromatic hydroxyl groups is 1. The number of phenols is 1. The highest BCUT2D eigenvalue weighted by Gasteiger charge is 2.29. The first kappa shape index (κ1) is 15.1. The second-order valence-electron chi connectivity index (χ2n) is 4.92. The Morgan fingerprint density at radius 3 is 2.60 bits per heavy atom. The first-order valence-electron chi connectivity index (χ1n) is 6.51. The minimum atomic E-state index is -0.496. The van der Waals surface area contributed by atoms with Crippen molar-refractivity contribution < 1.29 is 14.6 Å². The molecule has 4 heteroatoms. The Labute approximate surface area is 132 Å². The minimum absolute atomic E-state index is 0.210. The van der Waals surface area contributed by atoms with Crippen molar-refractivity contribution in [3.8, 4) is 5.75 Å². The van der Waals surface area contributed by atoms with Crippen molar-refractivity contribution in [2.45, 2.75) is 30.3 Å². The SMILES string of the molecule is CCC(C)(I)C(=O)OCc1cccc2c(O)cccc12. The quantitative estimate of drug-likeness (QED) is 0.489. The molecule has 1 atom stereocenters. The van der Waals surface area contributed by atoms with Crippen LogP contribution >= 0.6 is 22.6 Å². The summed E-state index contributed by atoms with van der Waals surface area (Å²) in [5.41, 5.74) is 0.898. The Morgan fingerprint density at radius 2 is 1.90 bits per heavy atom. The van der Waals surface area contributed by atoms with E-state index in [1.807, 2.05) is 38.1 Å². The number of ether oxygens (including phenoxy) is 1. The standard InChI is InChI=1S/C16H17IO3/c1-3-16(2,17)15(19)20-10-11-6-4-8-13-12(11)7-5-9-14(13)18/h4-9,18H,3,10H2,1-2H3. The van der Waals surface area contributed by atoms with Gasteiger partial charge < -0.3 is 9.84 Å². The van der Waals surface area contributed by atoms with Crippen molar-refractivity contribution in [3.63, 3.8) is 0 Å². The predicted molar refractivity (Wildman–Crippen MR) is 88.1 cm³/mol. The topological polar surface area (TPSA) is 46.5 Å². The molecule has 0 saturated heterocycles. The number of alkyl halides is 1. The third-order valence-corrected chi connectivity index (χ3v) is 4.64. The summed E-state index contributed by atoms with van der Waals surface area (Å²) < 4.78 is 4.91. The van der Waals surface area contributed by atoms with Gasteiger partial charge in [-0.1, -0.05) is 59.8 Å². The van der Waals surface area contributed by atoms with Gasteiger partial charge in [-0.3, -0.25) is 4.79 Å². The lowest BCUT2D eigenvalue weighted by molar-refractivity contribution is -0.146. The van der Waals surface area contributed by atoms with Crippen molar-refractivity contribution in [3.05, 3.63) is 42.0 Å². The van der Waals surface area contributed by atoms with Gasteiger partial charge in [0.15, 0.2) is 0 Å². The van der Waals surface area contributed by atoms with Gasteiger partial charge in [0.05, 0.1) is 0 Å². The highest BCUT2D eigenvalue weighted by molar-refractivity contribution is 14.1. The van der Waals surface area contributed by atoms with Gasteiger partial charge in [-0.05, 0) is 30.4 Å². The zero-order valence-electron chi connectivity index (χ0n) is 11.5. The normalized spacial score (nSPS) is 13.9. The van der Waals surface area contributed by atoms with E-state index in [9.17, 15) is 9.90 Å². The maximum Gasteiger partial charge on any atom is 0.322 e. The average Bonchev–Trinajstić information content (AvgIpc) is 2.45. The fraction of sp³-hybridized carbons (Fsp3) is 0.312. The molecule has 20 heavy (non-hydrogen) atoms. The van der Waals surface area contributed by atoms with Crippen LogP contribution in [0.3, 0.4) is 0 Å². The van der Waals surface area contributed by atoms with Crippen molar-refractivity contribution in [2.75, 3.05) is 0 Å². The fourth-order valence-corrected chi connectivity index (χ4v) is 2.08. The molecular formula is C16H17IO3. The van der Waals surface area contributed by atoms with Gasteiger partial charge in [-0.2, -0.15) is 0 Å². The van der Waals surface area contributed by atoms with E-state index in [4.69, 9.17) is 4.74 Å². The van der Waals surface area contributed by atoms with Crippen LogP contribution < -0.4 is 0 Å². The molecule has 0 aromatic heterocycles. The summed E-state index contributed by atoms with van der Waals surface area (Å²) in [7, 11) is 0. The molecule has 0 radical (unpaired) electrons. The van der Waals surface area contributed by atoms with Crippen LogP contribution in [0.1, 0.15) is 25.8 Å². The summed E-state index contributed by atoms with van der Waals surface area (Å²) in [6, 6.07) is 11.0. The van der Waals surface area contributed by atoms with Crippen LogP contribution in [-0.2, 0) is 16.1 Å². The molecule has 0 saturated carbocycles. The molecule has 3 nitrogen and oxygen atoms in total. The van der Waals surface area contributed by atoms with E-state index in [1.54, 1.807) is 12.1 Å². The smallest absolute Gasteiger partial charge is 0.322 e. The number of phenolic OH excluding ortho intramolecular Hbond substituents is 1. The Hall–Kier alpha value is -1.30. The zero-order valence-corrected chi connectivity index (χ0v) is 13.7. The molecule has 0 aliphatic heterocycles. The molecule has 1 unspecified atom stereocenters. The molecular weight excluding hydrogens is 367 g/mol. The summed E-state index contributed by atoms with van der Waals surface area (Å²) >= 11 is 2.12. The van der Waals surface area contributed by atoms with E-state index in [0.717, 1.165) is 22.8 Å². The lowest BCUT2D eigenvalue weighted by Crippen LogP contribution is -2.29. The number of hydrogen-bond donors (Lipinski definition) is 1. The average molecular weight is 384 g/mol. The molecule has 1 N–H and O–H groups in total. The zero-order chi connectivity index (χ0) is 14.8. The van der Waals surface area contributed by atoms with E-state index >= 15 is 0 Å². The molecule has 0 bridgehead atoms. The van der Waals surface area contributed by atoms with Gasteiger partial charge in [0.1, 0.15) is 15.8 Å². The summed E-state index contributed by atoms with van der Waals surface area (Å²) in [6.45, 7) is 4.05. The first-order chi connectivity index (χ1) is 9.45. The Balaban J connectivity index is 2.23. The monoisotopic (exact) mass is 384 g/mol. The second kappa shape index (κ2) is 5.99. The number of halogens is 1. The Bertz CT molecular complexity index is 635. The lowest BCUT2D eigenvalue weighted by atomic mass is 10.0. The molecule has 0 heterocycles. The van der Waals surface area contributed by atoms with Crippen molar-refractivity contribution >= 4 is 39.3 Å². The van der Waals surface area contributed by atoms with Crippen LogP contribution in [0.15, 0.2) is 36.4 Å². The van der Waals surface area contributed by atoms with E-state index in [2.05, 4.69) is 22.6 Å². The number of rotatable bonds is 4. The van der Waals surface area contributed by atoms with Crippen molar-refractivity contribution in [1.29, 1.82) is 0 Å². The summed E-state index contributed by atoms with van der Waals surface area (Å²) in [4.78, 5) is 12.0. The second-order valence-corrected chi connectivity index (χ2v) is 7.30. The molecule has 106 valence electrons. The van der Waals surface area contributed by atoms with E-state index in [-0.39, 0.29) is 18.3 Å². The number of fused-ring (bicyclic) bond motifs is 1. The van der Waals surface area contributed by atoms with Crippen molar-refractivity contribution in [2.24, 2.45) is 0 Å². The van der Waals surface area contributed by atoms with Crippen LogP contribution in [0.2, 0.25) is 0 Å². The molecule has 0 spiro atoms. The number of carbonyl (C=O) groups excluding carboxylic acids is 1. The lowest BCUT2D eigenvalue weighted by Gasteiger charge is -2.18.